The zero-order chi connectivity index (χ0) is 19.9. The van der Waals surface area contributed by atoms with Crippen molar-refractivity contribution in [2.45, 2.75) is 40.0 Å². The molecule has 0 unspecified atom stereocenters. The highest BCUT2D eigenvalue weighted by Gasteiger charge is 2.20. The summed E-state index contributed by atoms with van der Waals surface area (Å²) in [5.74, 6) is 0.536. The van der Waals surface area contributed by atoms with E-state index in [9.17, 15) is 4.79 Å². The smallest absolute Gasteiger partial charge is 0.260 e. The second kappa shape index (κ2) is 9.17. The molecule has 1 aromatic heterocycles. The van der Waals surface area contributed by atoms with Crippen molar-refractivity contribution in [2.24, 2.45) is 0 Å². The summed E-state index contributed by atoms with van der Waals surface area (Å²) in [6, 6.07) is 13.4. The molecular formula is C22H25N3O3. The van der Waals surface area contributed by atoms with Gasteiger partial charge in [0.2, 0.25) is 5.82 Å². The van der Waals surface area contributed by atoms with Gasteiger partial charge in [0, 0.05) is 5.56 Å². The van der Waals surface area contributed by atoms with Crippen molar-refractivity contribution >= 4 is 11.7 Å². The standard InChI is InChI=1S/C22H25N3O3/c1-4-13-27-19-10-8-7-9-17(19)22(26)23-21-20(24-28-25-21)18-14-15(5-2)11-12-16(18)6-3/h7-12,14H,4-6,13H2,1-3H3,(H,23,25,26). The molecule has 6 heteroatoms. The Kier molecular flexibility index (Phi) is 6.42. The minimum absolute atomic E-state index is 0.304. The number of aromatic nitrogens is 2. The molecule has 0 fully saturated rings. The predicted octanol–water partition coefficient (Wildman–Crippen LogP) is 4.90. The van der Waals surface area contributed by atoms with Gasteiger partial charge in [-0.1, -0.05) is 45.0 Å². The summed E-state index contributed by atoms with van der Waals surface area (Å²) >= 11 is 0. The van der Waals surface area contributed by atoms with Gasteiger partial charge in [-0.15, -0.1) is 0 Å². The number of benzene rings is 2. The fourth-order valence-corrected chi connectivity index (χ4v) is 2.99. The van der Waals surface area contributed by atoms with Crippen molar-refractivity contribution in [1.29, 1.82) is 0 Å². The summed E-state index contributed by atoms with van der Waals surface area (Å²) in [7, 11) is 0. The molecule has 0 aliphatic carbocycles. The molecule has 0 radical (unpaired) electrons. The number of carbonyl (C=O) groups is 1. The monoisotopic (exact) mass is 379 g/mol. The largest absolute Gasteiger partial charge is 0.493 e. The van der Waals surface area contributed by atoms with Gasteiger partial charge >= 0.3 is 0 Å². The molecule has 0 aliphatic heterocycles. The van der Waals surface area contributed by atoms with E-state index >= 15 is 0 Å². The Morgan fingerprint density at radius 2 is 1.89 bits per heavy atom. The minimum Gasteiger partial charge on any atom is -0.493 e. The Bertz CT molecular complexity index is 950. The highest BCUT2D eigenvalue weighted by Crippen LogP contribution is 2.30. The maximum atomic E-state index is 12.9. The van der Waals surface area contributed by atoms with E-state index in [0.29, 0.717) is 29.4 Å². The topological polar surface area (TPSA) is 77.2 Å². The SMILES string of the molecule is CCCOc1ccccc1C(=O)Nc1nonc1-c1cc(CC)ccc1CC. The van der Waals surface area contributed by atoms with Gasteiger partial charge in [0.1, 0.15) is 5.75 Å². The number of anilines is 1. The number of amides is 1. The third-order valence-electron chi connectivity index (χ3n) is 4.53. The molecule has 28 heavy (non-hydrogen) atoms. The van der Waals surface area contributed by atoms with Gasteiger partial charge in [-0.3, -0.25) is 4.79 Å². The highest BCUT2D eigenvalue weighted by molar-refractivity contribution is 6.07. The molecule has 0 saturated heterocycles. The quantitative estimate of drug-likeness (QED) is 0.602. The van der Waals surface area contributed by atoms with Crippen molar-refractivity contribution < 1.29 is 14.2 Å². The number of rotatable bonds is 8. The minimum atomic E-state index is -0.312. The lowest BCUT2D eigenvalue weighted by Crippen LogP contribution is -2.15. The second-order valence-electron chi connectivity index (χ2n) is 6.46. The number of nitrogens with one attached hydrogen (secondary N) is 1. The Morgan fingerprint density at radius 1 is 1.07 bits per heavy atom. The first-order valence-corrected chi connectivity index (χ1v) is 9.65. The molecule has 0 aliphatic rings. The first-order chi connectivity index (χ1) is 13.7. The van der Waals surface area contributed by atoms with E-state index in [-0.39, 0.29) is 5.91 Å². The lowest BCUT2D eigenvalue weighted by Gasteiger charge is -2.11. The summed E-state index contributed by atoms with van der Waals surface area (Å²) in [6.07, 6.45) is 2.61. The van der Waals surface area contributed by atoms with Crippen LogP contribution >= 0.6 is 0 Å². The van der Waals surface area contributed by atoms with Gasteiger partial charge in [-0.25, -0.2) is 4.63 Å². The molecule has 0 spiro atoms. The Morgan fingerprint density at radius 3 is 2.64 bits per heavy atom. The maximum Gasteiger partial charge on any atom is 0.260 e. The number of carbonyl (C=O) groups excluding carboxylic acids is 1. The summed E-state index contributed by atoms with van der Waals surface area (Å²) in [4.78, 5) is 12.9. The van der Waals surface area contributed by atoms with E-state index < -0.39 is 0 Å². The number of para-hydroxylation sites is 1. The molecule has 1 N–H and O–H groups in total. The molecule has 3 rings (SSSR count). The van der Waals surface area contributed by atoms with Crippen LogP contribution in [0.2, 0.25) is 0 Å². The van der Waals surface area contributed by atoms with Crippen molar-refractivity contribution in [1.82, 2.24) is 10.3 Å². The third-order valence-corrected chi connectivity index (χ3v) is 4.53. The molecule has 146 valence electrons. The fourth-order valence-electron chi connectivity index (χ4n) is 2.99. The Labute approximate surface area is 164 Å². The molecule has 3 aromatic rings. The maximum absolute atomic E-state index is 12.9. The summed E-state index contributed by atoms with van der Waals surface area (Å²) in [5.41, 5.74) is 4.21. The zero-order valence-electron chi connectivity index (χ0n) is 16.5. The third kappa shape index (κ3) is 4.22. The molecule has 0 bridgehead atoms. The molecular weight excluding hydrogens is 354 g/mol. The van der Waals surface area contributed by atoms with Crippen LogP contribution in [0.25, 0.3) is 11.3 Å². The average Bonchev–Trinajstić information content (AvgIpc) is 3.19. The zero-order valence-corrected chi connectivity index (χ0v) is 16.5. The Balaban J connectivity index is 1.91. The first-order valence-electron chi connectivity index (χ1n) is 9.65. The number of hydrogen-bond acceptors (Lipinski definition) is 5. The van der Waals surface area contributed by atoms with Crippen LogP contribution in [-0.2, 0) is 12.8 Å². The number of aryl methyl sites for hydroxylation is 2. The van der Waals surface area contributed by atoms with Crippen molar-refractivity contribution in [3.05, 3.63) is 59.2 Å². The number of ether oxygens (including phenoxy) is 1. The van der Waals surface area contributed by atoms with Crippen LogP contribution in [-0.4, -0.2) is 22.8 Å². The lowest BCUT2D eigenvalue weighted by atomic mass is 9.98. The number of hydrogen-bond donors (Lipinski definition) is 1. The average molecular weight is 379 g/mol. The molecule has 2 aromatic carbocycles. The second-order valence-corrected chi connectivity index (χ2v) is 6.46. The van der Waals surface area contributed by atoms with E-state index in [0.717, 1.165) is 30.4 Å². The van der Waals surface area contributed by atoms with Crippen molar-refractivity contribution in [3.63, 3.8) is 0 Å². The van der Waals surface area contributed by atoms with Crippen LogP contribution in [0, 0.1) is 0 Å². The van der Waals surface area contributed by atoms with E-state index in [1.165, 1.54) is 5.56 Å². The van der Waals surface area contributed by atoms with E-state index in [1.807, 2.05) is 13.0 Å². The normalized spacial score (nSPS) is 10.7. The first kappa shape index (κ1) is 19.6. The van der Waals surface area contributed by atoms with E-state index in [4.69, 9.17) is 9.37 Å². The summed E-state index contributed by atoms with van der Waals surface area (Å²) in [6.45, 7) is 6.75. The van der Waals surface area contributed by atoms with Crippen LogP contribution in [0.3, 0.4) is 0 Å². The fraction of sp³-hybridized carbons (Fsp3) is 0.318. The van der Waals surface area contributed by atoms with Crippen LogP contribution in [0.5, 0.6) is 5.75 Å². The van der Waals surface area contributed by atoms with Gasteiger partial charge in [-0.2, -0.15) is 0 Å². The molecule has 1 amide bonds. The lowest BCUT2D eigenvalue weighted by molar-refractivity contribution is 0.102. The molecule has 1 heterocycles. The molecule has 0 saturated carbocycles. The van der Waals surface area contributed by atoms with Crippen LogP contribution < -0.4 is 10.1 Å². The summed E-state index contributed by atoms with van der Waals surface area (Å²) < 4.78 is 10.6. The predicted molar refractivity (Wildman–Crippen MR) is 109 cm³/mol. The van der Waals surface area contributed by atoms with Gasteiger partial charge in [-0.05, 0) is 58.9 Å². The van der Waals surface area contributed by atoms with Crippen molar-refractivity contribution in [3.8, 4) is 17.0 Å². The molecule has 0 atom stereocenters. The van der Waals surface area contributed by atoms with Crippen LogP contribution in [0.4, 0.5) is 5.82 Å². The van der Waals surface area contributed by atoms with Crippen LogP contribution in [0.1, 0.15) is 48.7 Å². The highest BCUT2D eigenvalue weighted by atomic mass is 16.6. The van der Waals surface area contributed by atoms with Crippen molar-refractivity contribution in [2.75, 3.05) is 11.9 Å². The van der Waals surface area contributed by atoms with Gasteiger partial charge in [0.05, 0.1) is 12.2 Å². The van der Waals surface area contributed by atoms with E-state index in [2.05, 4.69) is 47.7 Å². The molecule has 6 nitrogen and oxygen atoms in total. The summed E-state index contributed by atoms with van der Waals surface area (Å²) in [5, 5.41) is 10.8. The van der Waals surface area contributed by atoms with Gasteiger partial charge in [0.15, 0.2) is 5.69 Å². The van der Waals surface area contributed by atoms with Gasteiger partial charge in [0.25, 0.3) is 5.91 Å². The number of nitrogens with zero attached hydrogens (tertiary/aromatic N) is 2. The van der Waals surface area contributed by atoms with Crippen LogP contribution in [0.15, 0.2) is 47.1 Å². The van der Waals surface area contributed by atoms with Gasteiger partial charge < -0.3 is 10.1 Å². The Hall–Kier alpha value is -3.15. The van der Waals surface area contributed by atoms with E-state index in [1.54, 1.807) is 18.2 Å².